The van der Waals surface area contributed by atoms with E-state index in [1.807, 2.05) is 0 Å². The number of benzene rings is 2. The maximum Gasteiger partial charge on any atom is 0.251 e. The molecule has 1 atom stereocenters. The molecule has 0 saturated carbocycles. The fourth-order valence-electron chi connectivity index (χ4n) is 3.17. The summed E-state index contributed by atoms with van der Waals surface area (Å²) in [6, 6.07) is 9.09. The number of carbonyl (C=O) groups is 1. The van der Waals surface area contributed by atoms with Gasteiger partial charge >= 0.3 is 0 Å². The number of carbonyl (C=O) groups excluding carboxylic acids is 1. The largest absolute Gasteiger partial charge is 0.494 e. The van der Waals surface area contributed by atoms with E-state index in [1.165, 1.54) is 29.8 Å². The number of anilines is 1. The fraction of sp³-hybridized carbons (Fsp3) is 0.316. The molecule has 0 aromatic heterocycles. The van der Waals surface area contributed by atoms with Gasteiger partial charge in [0.05, 0.1) is 25.1 Å². The van der Waals surface area contributed by atoms with Crippen molar-refractivity contribution in [3.8, 4) is 5.75 Å². The summed E-state index contributed by atoms with van der Waals surface area (Å²) in [4.78, 5) is 12.6. The Morgan fingerprint density at radius 1 is 1.26 bits per heavy atom. The van der Waals surface area contributed by atoms with Gasteiger partial charge in [-0.15, -0.1) is 0 Å². The van der Waals surface area contributed by atoms with Gasteiger partial charge in [-0.3, -0.25) is 9.10 Å². The molecule has 0 aliphatic carbocycles. The zero-order valence-electron chi connectivity index (χ0n) is 15.3. The Bertz CT molecular complexity index is 991. The molecular weight excluding hydrogens is 371 g/mol. The first kappa shape index (κ1) is 19.2. The number of fused-ring (bicyclic) bond motifs is 1. The zero-order chi connectivity index (χ0) is 19.8. The summed E-state index contributed by atoms with van der Waals surface area (Å²) in [6.45, 7) is 2.14. The number of hydrogen-bond donors (Lipinski definition) is 1. The van der Waals surface area contributed by atoms with Crippen molar-refractivity contribution in [2.75, 3.05) is 24.2 Å². The maximum absolute atomic E-state index is 13.9. The molecule has 1 aliphatic rings. The number of nitrogens with zero attached hydrogens (tertiary/aromatic N) is 1. The van der Waals surface area contributed by atoms with Crippen LogP contribution in [0.5, 0.6) is 5.75 Å². The van der Waals surface area contributed by atoms with Crippen LogP contribution < -0.4 is 14.4 Å². The first-order valence-corrected chi connectivity index (χ1v) is 10.3. The second-order valence-electron chi connectivity index (χ2n) is 6.52. The lowest BCUT2D eigenvalue weighted by Crippen LogP contribution is -2.28. The van der Waals surface area contributed by atoms with Crippen LogP contribution in [0.2, 0.25) is 0 Å². The summed E-state index contributed by atoms with van der Waals surface area (Å²) in [5.41, 5.74) is 2.48. The van der Waals surface area contributed by atoms with Crippen LogP contribution >= 0.6 is 0 Å². The summed E-state index contributed by atoms with van der Waals surface area (Å²) in [7, 11) is -1.94. The van der Waals surface area contributed by atoms with Gasteiger partial charge in [-0.05, 0) is 54.8 Å². The number of nitrogens with one attached hydrogen (secondary N) is 1. The van der Waals surface area contributed by atoms with Gasteiger partial charge in [0.2, 0.25) is 10.0 Å². The SMILES string of the molecule is COc1ccc(C(C)NC(=O)c2ccc3c(c2)CCN3S(C)(=O)=O)cc1F. The van der Waals surface area contributed by atoms with E-state index in [1.54, 1.807) is 31.2 Å². The molecule has 144 valence electrons. The minimum absolute atomic E-state index is 0.145. The number of amides is 1. The summed E-state index contributed by atoms with van der Waals surface area (Å²) in [5.74, 6) is -0.653. The van der Waals surface area contributed by atoms with Crippen LogP contribution in [0, 0.1) is 5.82 Å². The lowest BCUT2D eigenvalue weighted by molar-refractivity contribution is 0.0939. The molecule has 0 radical (unpaired) electrons. The first-order chi connectivity index (χ1) is 12.7. The third-order valence-corrected chi connectivity index (χ3v) is 5.80. The lowest BCUT2D eigenvalue weighted by Gasteiger charge is -2.17. The van der Waals surface area contributed by atoms with Crippen LogP contribution in [0.15, 0.2) is 36.4 Å². The van der Waals surface area contributed by atoms with Crippen molar-refractivity contribution in [1.82, 2.24) is 5.32 Å². The Morgan fingerprint density at radius 2 is 2.00 bits per heavy atom. The number of hydrogen-bond acceptors (Lipinski definition) is 4. The lowest BCUT2D eigenvalue weighted by atomic mass is 10.1. The summed E-state index contributed by atoms with van der Waals surface area (Å²) in [6.07, 6.45) is 1.72. The molecule has 2 aromatic rings. The summed E-state index contributed by atoms with van der Waals surface area (Å²) < 4.78 is 43.7. The molecule has 1 amide bonds. The van der Waals surface area contributed by atoms with Crippen molar-refractivity contribution >= 4 is 21.6 Å². The zero-order valence-corrected chi connectivity index (χ0v) is 16.1. The molecule has 0 spiro atoms. The minimum atomic E-state index is -3.33. The van der Waals surface area contributed by atoms with Crippen molar-refractivity contribution in [3.05, 3.63) is 58.9 Å². The second-order valence-corrected chi connectivity index (χ2v) is 8.42. The van der Waals surface area contributed by atoms with E-state index in [0.29, 0.717) is 29.8 Å². The second kappa shape index (κ2) is 7.19. The van der Waals surface area contributed by atoms with Gasteiger partial charge in [0, 0.05) is 12.1 Å². The molecule has 6 nitrogen and oxygen atoms in total. The molecule has 1 aliphatic heterocycles. The minimum Gasteiger partial charge on any atom is -0.494 e. The smallest absolute Gasteiger partial charge is 0.251 e. The Kier molecular flexibility index (Phi) is 5.10. The fourth-order valence-corrected chi connectivity index (χ4v) is 4.13. The standard InChI is InChI=1S/C19H21FN2O4S/c1-12(13-5-7-18(26-2)16(20)11-13)21-19(23)15-4-6-17-14(10-15)8-9-22(17)27(3,24)25/h4-7,10-12H,8-9H2,1-3H3,(H,21,23). The van der Waals surface area contributed by atoms with E-state index in [9.17, 15) is 17.6 Å². The van der Waals surface area contributed by atoms with Crippen molar-refractivity contribution in [2.24, 2.45) is 0 Å². The average Bonchev–Trinajstić information content (AvgIpc) is 3.05. The Hall–Kier alpha value is -2.61. The third-order valence-electron chi connectivity index (χ3n) is 4.62. The van der Waals surface area contributed by atoms with Crippen molar-refractivity contribution < 1.29 is 22.3 Å². The first-order valence-electron chi connectivity index (χ1n) is 8.45. The molecule has 1 unspecified atom stereocenters. The average molecular weight is 392 g/mol. The van der Waals surface area contributed by atoms with Crippen LogP contribution in [-0.4, -0.2) is 34.2 Å². The predicted octanol–water partition coefficient (Wildman–Crippen LogP) is 2.65. The highest BCUT2D eigenvalue weighted by molar-refractivity contribution is 7.92. The van der Waals surface area contributed by atoms with Crippen molar-refractivity contribution in [3.63, 3.8) is 0 Å². The highest BCUT2D eigenvalue weighted by atomic mass is 32.2. The van der Waals surface area contributed by atoms with Crippen LogP contribution in [0.3, 0.4) is 0 Å². The van der Waals surface area contributed by atoms with Gasteiger partial charge in [0.1, 0.15) is 0 Å². The van der Waals surface area contributed by atoms with Crippen LogP contribution in [0.4, 0.5) is 10.1 Å². The van der Waals surface area contributed by atoms with Crippen molar-refractivity contribution in [2.45, 2.75) is 19.4 Å². The van der Waals surface area contributed by atoms with E-state index in [2.05, 4.69) is 5.32 Å². The quantitative estimate of drug-likeness (QED) is 0.849. The number of methoxy groups -OCH3 is 1. The van der Waals surface area contributed by atoms with E-state index in [-0.39, 0.29) is 11.7 Å². The molecule has 0 fully saturated rings. The van der Waals surface area contributed by atoms with E-state index in [4.69, 9.17) is 4.74 Å². The molecule has 0 saturated heterocycles. The monoisotopic (exact) mass is 392 g/mol. The van der Waals surface area contributed by atoms with Crippen LogP contribution in [-0.2, 0) is 16.4 Å². The number of halogens is 1. The molecule has 1 heterocycles. The van der Waals surface area contributed by atoms with Gasteiger partial charge < -0.3 is 10.1 Å². The van der Waals surface area contributed by atoms with E-state index < -0.39 is 21.9 Å². The number of ether oxygens (including phenoxy) is 1. The number of rotatable bonds is 5. The Balaban J connectivity index is 1.76. The molecule has 8 heteroatoms. The van der Waals surface area contributed by atoms with Gasteiger partial charge in [-0.2, -0.15) is 0 Å². The van der Waals surface area contributed by atoms with Crippen LogP contribution in [0.25, 0.3) is 0 Å². The molecule has 27 heavy (non-hydrogen) atoms. The molecule has 3 rings (SSSR count). The molecule has 2 aromatic carbocycles. The maximum atomic E-state index is 13.9. The number of sulfonamides is 1. The van der Waals surface area contributed by atoms with Gasteiger partial charge in [-0.25, -0.2) is 12.8 Å². The highest BCUT2D eigenvalue weighted by Crippen LogP contribution is 2.31. The normalized spacial score (nSPS) is 14.6. The van der Waals surface area contributed by atoms with E-state index >= 15 is 0 Å². The van der Waals surface area contributed by atoms with Gasteiger partial charge in [-0.1, -0.05) is 6.07 Å². The topological polar surface area (TPSA) is 75.7 Å². The summed E-state index contributed by atoms with van der Waals surface area (Å²) >= 11 is 0. The van der Waals surface area contributed by atoms with Crippen LogP contribution in [0.1, 0.15) is 34.5 Å². The highest BCUT2D eigenvalue weighted by Gasteiger charge is 2.27. The third kappa shape index (κ3) is 3.90. The summed E-state index contributed by atoms with van der Waals surface area (Å²) in [5, 5.41) is 2.83. The molecule has 1 N–H and O–H groups in total. The predicted molar refractivity (Wildman–Crippen MR) is 101 cm³/mol. The Morgan fingerprint density at radius 3 is 2.63 bits per heavy atom. The van der Waals surface area contributed by atoms with Crippen molar-refractivity contribution in [1.29, 1.82) is 0 Å². The van der Waals surface area contributed by atoms with Gasteiger partial charge in [0.25, 0.3) is 5.91 Å². The van der Waals surface area contributed by atoms with E-state index in [0.717, 1.165) is 5.56 Å². The molecular formula is C19H21FN2O4S. The van der Waals surface area contributed by atoms with Gasteiger partial charge in [0.15, 0.2) is 11.6 Å². The molecule has 0 bridgehead atoms. The Labute approximate surface area is 158 Å².